The first-order valence-corrected chi connectivity index (χ1v) is 7.93. The minimum Gasteiger partial charge on any atom is -0.308 e. The number of benzene rings is 3. The largest absolute Gasteiger partial charge is 0.308 e. The highest BCUT2D eigenvalue weighted by atomic mass is 14.3. The van der Waals surface area contributed by atoms with Crippen LogP contribution < -0.4 is 0 Å². The maximum atomic E-state index is 7.51. The van der Waals surface area contributed by atoms with Crippen LogP contribution in [-0.2, 0) is 6.42 Å². The Bertz CT molecular complexity index is 867. The number of rotatable bonds is 4. The van der Waals surface area contributed by atoms with Gasteiger partial charge in [0.15, 0.2) is 0 Å². The Balaban J connectivity index is 1.72. The van der Waals surface area contributed by atoms with Gasteiger partial charge in [0.05, 0.1) is 0 Å². The topological polar surface area (TPSA) is 23.9 Å². The van der Waals surface area contributed by atoms with Crippen LogP contribution in [0.15, 0.2) is 66.7 Å². The molecule has 0 saturated carbocycles. The molecule has 0 spiro atoms. The van der Waals surface area contributed by atoms with Crippen molar-refractivity contribution in [2.24, 2.45) is 0 Å². The summed E-state index contributed by atoms with van der Waals surface area (Å²) in [6.07, 6.45) is 4.45. The van der Waals surface area contributed by atoms with Crippen molar-refractivity contribution < 1.29 is 0 Å². The highest BCUT2D eigenvalue weighted by Gasteiger charge is 2.01. The summed E-state index contributed by atoms with van der Waals surface area (Å²) in [5, 5.41) is 9.73. The third kappa shape index (κ3) is 3.67. The number of fused-ring (bicyclic) bond motifs is 1. The standard InChI is InChI=1S/C22H19N/c23-17-20-16-15-19(21-13-7-8-14-22(20)21)12-6-2-5-11-18-9-3-1-4-10-18/h1,3-4,7-10,13-17,23H,2,5,11H2. The quantitative estimate of drug-likeness (QED) is 0.388. The minimum absolute atomic E-state index is 0.898. The summed E-state index contributed by atoms with van der Waals surface area (Å²) < 4.78 is 0. The van der Waals surface area contributed by atoms with E-state index in [1.54, 1.807) is 0 Å². The predicted octanol–water partition coefficient (Wildman–Crippen LogP) is 5.21. The van der Waals surface area contributed by atoms with Gasteiger partial charge in [0.1, 0.15) is 0 Å². The average Bonchev–Trinajstić information content (AvgIpc) is 2.62. The third-order valence-corrected chi connectivity index (χ3v) is 3.95. The van der Waals surface area contributed by atoms with Crippen LogP contribution in [0.5, 0.6) is 0 Å². The second kappa shape index (κ2) is 7.42. The fourth-order valence-corrected chi connectivity index (χ4v) is 2.74. The Morgan fingerprint density at radius 1 is 0.826 bits per heavy atom. The fourth-order valence-electron chi connectivity index (χ4n) is 2.74. The second-order valence-corrected chi connectivity index (χ2v) is 5.53. The predicted molar refractivity (Wildman–Crippen MR) is 98.1 cm³/mol. The lowest BCUT2D eigenvalue weighted by Crippen LogP contribution is -1.87. The van der Waals surface area contributed by atoms with Crippen LogP contribution in [-0.4, -0.2) is 6.21 Å². The minimum atomic E-state index is 0.898. The summed E-state index contributed by atoms with van der Waals surface area (Å²) in [7, 11) is 0. The van der Waals surface area contributed by atoms with Gasteiger partial charge in [0.2, 0.25) is 0 Å². The molecule has 0 aliphatic heterocycles. The number of hydrogen-bond donors (Lipinski definition) is 1. The Kier molecular flexibility index (Phi) is 4.86. The van der Waals surface area contributed by atoms with Crippen LogP contribution in [0.25, 0.3) is 10.8 Å². The van der Waals surface area contributed by atoms with E-state index in [1.807, 2.05) is 30.3 Å². The van der Waals surface area contributed by atoms with Gasteiger partial charge in [0.25, 0.3) is 0 Å². The highest BCUT2D eigenvalue weighted by molar-refractivity contribution is 6.01. The molecule has 1 N–H and O–H groups in total. The van der Waals surface area contributed by atoms with Gasteiger partial charge in [-0.15, -0.1) is 0 Å². The molecule has 0 aliphatic carbocycles. The van der Waals surface area contributed by atoms with Gasteiger partial charge in [0, 0.05) is 18.2 Å². The van der Waals surface area contributed by atoms with Gasteiger partial charge in [-0.1, -0.05) is 72.5 Å². The molecular formula is C22H19N. The lowest BCUT2D eigenvalue weighted by Gasteiger charge is -2.04. The van der Waals surface area contributed by atoms with Crippen molar-refractivity contribution >= 4 is 17.0 Å². The SMILES string of the molecule is N=Cc1ccc(C#CCCCc2ccccc2)c2ccccc12. The first-order chi connectivity index (χ1) is 11.4. The summed E-state index contributed by atoms with van der Waals surface area (Å²) in [6, 6.07) is 22.7. The summed E-state index contributed by atoms with van der Waals surface area (Å²) >= 11 is 0. The van der Waals surface area contributed by atoms with Crippen molar-refractivity contribution in [1.82, 2.24) is 0 Å². The second-order valence-electron chi connectivity index (χ2n) is 5.53. The normalized spacial score (nSPS) is 10.1. The number of nitrogens with one attached hydrogen (secondary N) is 1. The van der Waals surface area contributed by atoms with Gasteiger partial charge in [-0.2, -0.15) is 0 Å². The van der Waals surface area contributed by atoms with E-state index >= 15 is 0 Å². The Morgan fingerprint density at radius 3 is 2.35 bits per heavy atom. The van der Waals surface area contributed by atoms with Crippen molar-refractivity contribution in [3.63, 3.8) is 0 Å². The van der Waals surface area contributed by atoms with Crippen LogP contribution in [0.4, 0.5) is 0 Å². The molecule has 1 heteroatoms. The zero-order valence-corrected chi connectivity index (χ0v) is 13.0. The lowest BCUT2D eigenvalue weighted by atomic mass is 10.00. The average molecular weight is 297 g/mol. The van der Waals surface area contributed by atoms with E-state index < -0.39 is 0 Å². The molecule has 0 heterocycles. The fraction of sp³-hybridized carbons (Fsp3) is 0.136. The van der Waals surface area contributed by atoms with Gasteiger partial charge >= 0.3 is 0 Å². The van der Waals surface area contributed by atoms with Gasteiger partial charge in [-0.05, 0) is 40.8 Å². The Labute approximate surface area is 137 Å². The van der Waals surface area contributed by atoms with Crippen LogP contribution in [0.1, 0.15) is 29.5 Å². The van der Waals surface area contributed by atoms with E-state index in [9.17, 15) is 0 Å². The highest BCUT2D eigenvalue weighted by Crippen LogP contribution is 2.21. The van der Waals surface area contributed by atoms with Crippen LogP contribution in [0, 0.1) is 17.3 Å². The molecule has 0 bridgehead atoms. The van der Waals surface area contributed by atoms with Crippen molar-refractivity contribution in [2.45, 2.75) is 19.3 Å². The molecule has 0 unspecified atom stereocenters. The van der Waals surface area contributed by atoms with Crippen LogP contribution in [0.3, 0.4) is 0 Å². The smallest absolute Gasteiger partial charge is 0.0324 e. The van der Waals surface area contributed by atoms with Gasteiger partial charge < -0.3 is 5.41 Å². The first-order valence-electron chi connectivity index (χ1n) is 7.93. The van der Waals surface area contributed by atoms with E-state index in [0.717, 1.165) is 41.2 Å². The molecule has 23 heavy (non-hydrogen) atoms. The maximum Gasteiger partial charge on any atom is 0.0324 e. The van der Waals surface area contributed by atoms with E-state index in [2.05, 4.69) is 48.2 Å². The monoisotopic (exact) mass is 297 g/mol. The van der Waals surface area contributed by atoms with Crippen LogP contribution in [0.2, 0.25) is 0 Å². The summed E-state index contributed by atoms with van der Waals surface area (Å²) in [5.41, 5.74) is 3.36. The third-order valence-electron chi connectivity index (χ3n) is 3.95. The maximum absolute atomic E-state index is 7.51. The zero-order valence-electron chi connectivity index (χ0n) is 13.0. The summed E-state index contributed by atoms with van der Waals surface area (Å²) in [5.74, 6) is 6.59. The summed E-state index contributed by atoms with van der Waals surface area (Å²) in [6.45, 7) is 0. The van der Waals surface area contributed by atoms with E-state index in [4.69, 9.17) is 5.41 Å². The van der Waals surface area contributed by atoms with E-state index in [1.165, 1.54) is 11.8 Å². The van der Waals surface area contributed by atoms with Crippen molar-refractivity contribution in [3.8, 4) is 11.8 Å². The molecule has 3 aromatic carbocycles. The molecule has 3 rings (SSSR count). The van der Waals surface area contributed by atoms with Crippen molar-refractivity contribution in [1.29, 1.82) is 5.41 Å². The summed E-state index contributed by atoms with van der Waals surface area (Å²) in [4.78, 5) is 0. The van der Waals surface area contributed by atoms with Crippen molar-refractivity contribution in [3.05, 3.63) is 83.4 Å². The molecular weight excluding hydrogens is 278 g/mol. The molecule has 0 radical (unpaired) electrons. The number of hydrogen-bond acceptors (Lipinski definition) is 1. The molecule has 3 aromatic rings. The molecule has 1 nitrogen and oxygen atoms in total. The molecule has 0 aromatic heterocycles. The molecule has 0 aliphatic rings. The van der Waals surface area contributed by atoms with E-state index in [0.29, 0.717) is 0 Å². The zero-order chi connectivity index (χ0) is 15.9. The Hall–Kier alpha value is -2.85. The first kappa shape index (κ1) is 15.1. The lowest BCUT2D eigenvalue weighted by molar-refractivity contribution is 0.858. The van der Waals surface area contributed by atoms with Crippen LogP contribution >= 0.6 is 0 Å². The molecule has 0 amide bonds. The van der Waals surface area contributed by atoms with E-state index in [-0.39, 0.29) is 0 Å². The Morgan fingerprint density at radius 2 is 1.57 bits per heavy atom. The molecule has 0 atom stereocenters. The number of aryl methyl sites for hydroxylation is 1. The van der Waals surface area contributed by atoms with Crippen molar-refractivity contribution in [2.75, 3.05) is 0 Å². The molecule has 0 saturated heterocycles. The molecule has 0 fully saturated rings. The number of unbranched alkanes of at least 4 members (excludes halogenated alkanes) is 1. The van der Waals surface area contributed by atoms with Gasteiger partial charge in [-0.25, -0.2) is 0 Å². The van der Waals surface area contributed by atoms with Gasteiger partial charge in [-0.3, -0.25) is 0 Å². The molecule has 112 valence electrons.